The second-order valence-electron chi connectivity index (χ2n) is 33.8. The van der Waals surface area contributed by atoms with E-state index < -0.39 is 64.3 Å². The Morgan fingerprint density at radius 1 is 0.394 bits per heavy atom. The van der Waals surface area contributed by atoms with Gasteiger partial charge in [-0.25, -0.2) is 49.2 Å². The monoisotopic (exact) mass is 1950 g/mol. The van der Waals surface area contributed by atoms with Crippen LogP contribution in [0.5, 0.6) is 5.75 Å². The molecule has 1 fully saturated rings. The van der Waals surface area contributed by atoms with Gasteiger partial charge >= 0.3 is 29.8 Å². The Labute approximate surface area is 826 Å². The maximum absolute atomic E-state index is 13.3. The number of carbonyl (C=O) groups excluding carboxylic acids is 5. The van der Waals surface area contributed by atoms with Crippen molar-refractivity contribution in [2.45, 2.75) is 310 Å². The highest BCUT2D eigenvalue weighted by Crippen LogP contribution is 2.27. The van der Waals surface area contributed by atoms with Crippen molar-refractivity contribution in [3.8, 4) is 17.9 Å². The lowest BCUT2D eigenvalue weighted by Crippen LogP contribution is -2.20. The number of ether oxygens (including phenoxy) is 5. The number of allylic oxidation sites excluding steroid dienone is 11. The summed E-state index contributed by atoms with van der Waals surface area (Å²) in [6.45, 7) is 32.6. The SMILES string of the molecule is CCCCC(CC)COC(=O)/C(C#N)=C\C=C1/CCCN1C.CCCCCCCCCCCCOC(=O)/C(=C/C=C/N(C)C)S(=O)(=O)c1ccccc1.CCCCCCCCCOC(=O)/C(C#N)=C/C=C/N(CC)CC.CCCCCCCCOC(=O)/C(=C/C=C/N(CC)CC)S(=O)(=O)c1ccccc1.CCCCN(/C=C/C=C(/C(=O)Oc1ccccc1)S(=O)(=O)c1ccc(C)cc1)CCCC. The van der Waals surface area contributed by atoms with E-state index in [1.165, 1.54) is 163 Å². The van der Waals surface area contributed by atoms with Gasteiger partial charge in [-0.3, -0.25) is 0 Å². The summed E-state index contributed by atoms with van der Waals surface area (Å²) in [5.74, 6) is -2.86. The third-order valence-electron chi connectivity index (χ3n) is 22.3. The van der Waals surface area contributed by atoms with Gasteiger partial charge in [0.25, 0.3) is 0 Å². The predicted molar refractivity (Wildman–Crippen MR) is 557 cm³/mol. The van der Waals surface area contributed by atoms with Gasteiger partial charge in [0.1, 0.15) is 29.0 Å². The minimum atomic E-state index is -4.05. The number of benzene rings is 4. The zero-order valence-electron chi connectivity index (χ0n) is 85.6. The van der Waals surface area contributed by atoms with E-state index >= 15 is 0 Å². The predicted octanol–water partition coefficient (Wildman–Crippen LogP) is 25.1. The van der Waals surface area contributed by atoms with Gasteiger partial charge in [0.15, 0.2) is 14.7 Å². The molecule has 0 aromatic heterocycles. The minimum Gasteiger partial charge on any atom is -0.462 e. The van der Waals surface area contributed by atoms with Crippen LogP contribution in [0.15, 0.2) is 247 Å². The minimum absolute atomic E-state index is 0.0522. The molecule has 0 amide bonds. The average Bonchev–Trinajstić information content (AvgIpc) is 1.72. The number of aryl methyl sites for hydroxylation is 1. The molecule has 5 rings (SSSR count). The second-order valence-corrected chi connectivity index (χ2v) is 39.6. The molecular weight excluding hydrogens is 1780 g/mol. The van der Waals surface area contributed by atoms with Crippen LogP contribution in [0.1, 0.15) is 294 Å². The van der Waals surface area contributed by atoms with E-state index in [2.05, 4.69) is 77.0 Å². The summed E-state index contributed by atoms with van der Waals surface area (Å²) in [4.78, 5) is 71.2. The molecule has 1 aliphatic rings. The molecule has 23 nitrogen and oxygen atoms in total. The third-order valence-corrected chi connectivity index (χ3v) is 27.7. The van der Waals surface area contributed by atoms with Crippen LogP contribution < -0.4 is 4.74 Å². The van der Waals surface area contributed by atoms with Crippen molar-refractivity contribution < 1.29 is 72.9 Å². The van der Waals surface area contributed by atoms with Gasteiger partial charge in [0, 0.05) is 72.7 Å². The lowest BCUT2D eigenvalue weighted by atomic mass is 10.0. The summed E-state index contributed by atoms with van der Waals surface area (Å²) in [6, 6.07) is 34.7. The Morgan fingerprint density at radius 3 is 1.11 bits per heavy atom. The zero-order valence-corrected chi connectivity index (χ0v) is 88.1. The number of unbranched alkanes of at least 4 members (excludes halogenated alkanes) is 23. The van der Waals surface area contributed by atoms with Crippen LogP contribution in [-0.4, -0.2) is 173 Å². The lowest BCUT2D eigenvalue weighted by molar-refractivity contribution is -0.140. The lowest BCUT2D eigenvalue weighted by Gasteiger charge is -2.19. The number of hydrogen-bond acceptors (Lipinski definition) is 23. The number of likely N-dealkylation sites (tertiary alicyclic amines) is 1. The fourth-order valence-electron chi connectivity index (χ4n) is 13.6. The highest BCUT2D eigenvalue weighted by atomic mass is 32.2. The normalized spacial score (nSPS) is 13.1. The first-order chi connectivity index (χ1) is 66.0. The van der Waals surface area contributed by atoms with Gasteiger partial charge in [0.2, 0.25) is 29.5 Å². The Kier molecular flexibility index (Phi) is 71.2. The van der Waals surface area contributed by atoms with Crippen molar-refractivity contribution >= 4 is 59.4 Å². The maximum Gasteiger partial charge on any atom is 0.355 e. The Balaban J connectivity index is 0.000000863. The van der Waals surface area contributed by atoms with Crippen molar-refractivity contribution in [2.75, 3.05) is 93.4 Å². The van der Waals surface area contributed by atoms with E-state index in [0.29, 0.717) is 24.9 Å². The Morgan fingerprint density at radius 2 is 0.737 bits per heavy atom. The van der Waals surface area contributed by atoms with E-state index in [1.54, 1.807) is 120 Å². The van der Waals surface area contributed by atoms with Crippen LogP contribution in [0.2, 0.25) is 0 Å². The molecule has 0 bridgehead atoms. The second kappa shape index (κ2) is 78.4. The molecule has 0 saturated carbocycles. The number of para-hydroxylation sites is 1. The van der Waals surface area contributed by atoms with E-state index in [9.17, 15) is 49.2 Å². The van der Waals surface area contributed by atoms with Crippen LogP contribution in [0.3, 0.4) is 0 Å². The molecular formula is C111H167N7O16S3. The fourth-order valence-corrected chi connectivity index (χ4v) is 17.5. The van der Waals surface area contributed by atoms with Crippen molar-refractivity contribution in [2.24, 2.45) is 5.92 Å². The standard InChI is InChI=1S/C26H33NO4S.C25H39NO4S.C23H35NO4S.C19H32N2O2.C18H28N2O2/c1-4-6-19-27(20-7-5-2)21-11-14-25(26(28)31-23-12-9-8-10-13-23)32(29,30)24-17-15-22(3)16-18-24;1-4-5-6-7-8-9-10-11-12-16-22-30-25(27)24(20-17-21-26(2)3)31(28,29)23-18-14-13-15-19-23;1-4-7-8-9-10-14-20-28-23(25)22(18-15-19-24(5-2)6-3)29(26,27)21-16-12-11-13-17-21;1-4-7-8-9-10-11-12-16-23-19(22)18(17-20)14-13-15-21(5-2)6-3;1-4-6-8-15(5-2)14-22-18(21)16(13-19)10-11-17-9-7-12-20(17)3/h8-18,21H,4-7,19-20H2,1-3H3;13-15,17-21H,4-12,16,22H2,1-3H3;11-13,15-19H,4-10,14,20H2,1-3H3;13-15H,4-12,16H2,1-3H3;10-11,15H,4-9,12,14H2,1-3H3/b21-11+,25-14-;21-17+,24-20-;19-15+,22-18-;15-13+,18-14+;16-10-,17-11+. The summed E-state index contributed by atoms with van der Waals surface area (Å²) in [5, 5.41) is 18.2. The highest BCUT2D eigenvalue weighted by Gasteiger charge is 2.31. The molecule has 760 valence electrons. The van der Waals surface area contributed by atoms with Gasteiger partial charge in [-0.05, 0) is 226 Å². The molecule has 1 heterocycles. The summed E-state index contributed by atoms with van der Waals surface area (Å²) < 4.78 is 105. The molecule has 4 aromatic carbocycles. The molecule has 1 atom stereocenters. The molecule has 26 heteroatoms. The third kappa shape index (κ3) is 55.6. The van der Waals surface area contributed by atoms with E-state index in [1.807, 2.05) is 77.4 Å². The van der Waals surface area contributed by atoms with Gasteiger partial charge in [-0.1, -0.05) is 281 Å². The first-order valence-electron chi connectivity index (χ1n) is 50.3. The molecule has 1 unspecified atom stereocenters. The van der Waals surface area contributed by atoms with Gasteiger partial charge in [0.05, 0.1) is 41.1 Å². The van der Waals surface area contributed by atoms with Crippen LogP contribution in [0, 0.1) is 35.5 Å². The van der Waals surface area contributed by atoms with Crippen molar-refractivity contribution in [3.05, 3.63) is 238 Å². The molecule has 1 aliphatic heterocycles. The van der Waals surface area contributed by atoms with E-state index in [-0.39, 0.29) is 48.9 Å². The van der Waals surface area contributed by atoms with Crippen LogP contribution >= 0.6 is 0 Å². The van der Waals surface area contributed by atoms with Crippen molar-refractivity contribution in [1.29, 1.82) is 10.5 Å². The summed E-state index contributed by atoms with van der Waals surface area (Å²) >= 11 is 0. The first kappa shape index (κ1) is 124. The first-order valence-corrected chi connectivity index (χ1v) is 54.7. The zero-order chi connectivity index (χ0) is 102. The highest BCUT2D eigenvalue weighted by molar-refractivity contribution is 7.97. The number of hydrogen-bond donors (Lipinski definition) is 0. The molecule has 137 heavy (non-hydrogen) atoms. The van der Waals surface area contributed by atoms with Gasteiger partial charge in [-0.2, -0.15) is 10.5 Å². The van der Waals surface area contributed by atoms with Crippen molar-refractivity contribution in [3.63, 3.8) is 0 Å². The smallest absolute Gasteiger partial charge is 0.355 e. The fraction of sp³-hybridized carbons (Fsp3) is 0.541. The molecule has 0 N–H and O–H groups in total. The van der Waals surface area contributed by atoms with Gasteiger partial charge in [-0.15, -0.1) is 0 Å². The maximum atomic E-state index is 13.3. The number of esters is 5. The van der Waals surface area contributed by atoms with Crippen LogP contribution in [0.4, 0.5) is 0 Å². The average molecular weight is 1950 g/mol. The molecule has 4 aromatic rings. The molecule has 0 spiro atoms. The largest absolute Gasteiger partial charge is 0.462 e. The summed E-state index contributed by atoms with van der Waals surface area (Å²) in [6.07, 6.45) is 59.8. The summed E-state index contributed by atoms with van der Waals surface area (Å²) in [5.41, 5.74) is 2.23. The van der Waals surface area contributed by atoms with Gasteiger partial charge < -0.3 is 48.2 Å². The Bertz CT molecular complexity index is 4760. The molecule has 1 saturated heterocycles. The quantitative estimate of drug-likeness (QED) is 0.00754. The summed E-state index contributed by atoms with van der Waals surface area (Å²) in [7, 11) is -6.29. The molecule has 0 radical (unpaired) electrons. The van der Waals surface area contributed by atoms with Crippen LogP contribution in [-0.2, 0) is 72.4 Å². The number of rotatable bonds is 63. The number of carbonyl (C=O) groups is 5. The number of sulfone groups is 3. The topological polar surface area (TPSA) is 298 Å². The number of nitriles is 2. The van der Waals surface area contributed by atoms with Crippen LogP contribution in [0.25, 0.3) is 0 Å². The molecule has 0 aliphatic carbocycles. The van der Waals surface area contributed by atoms with Crippen molar-refractivity contribution in [1.82, 2.24) is 24.5 Å². The van der Waals surface area contributed by atoms with E-state index in [4.69, 9.17) is 34.2 Å². The number of nitrogens with zero attached hydrogens (tertiary/aromatic N) is 7. The van der Waals surface area contributed by atoms with E-state index in [0.717, 1.165) is 173 Å². The Hall–Kier alpha value is -10.5.